The van der Waals surface area contributed by atoms with Gasteiger partial charge in [0, 0.05) is 6.42 Å². The number of hydrogen-bond acceptors (Lipinski definition) is 2. The molecule has 0 radical (unpaired) electrons. The second-order valence-electron chi connectivity index (χ2n) is 3.83. The van der Waals surface area contributed by atoms with Crippen LogP contribution < -0.4 is 5.32 Å². The van der Waals surface area contributed by atoms with Crippen molar-refractivity contribution in [3.05, 3.63) is 34.3 Å². The summed E-state index contributed by atoms with van der Waals surface area (Å²) in [6.07, 6.45) is -4.78. The van der Waals surface area contributed by atoms with Gasteiger partial charge in [-0.3, -0.25) is 0 Å². The van der Waals surface area contributed by atoms with Crippen molar-refractivity contribution in [1.82, 2.24) is 5.32 Å². The molecule has 18 heavy (non-hydrogen) atoms. The summed E-state index contributed by atoms with van der Waals surface area (Å²) in [4.78, 5) is 11.0. The van der Waals surface area contributed by atoms with Crippen LogP contribution in [0.25, 0.3) is 0 Å². The summed E-state index contributed by atoms with van der Waals surface area (Å²) in [7, 11) is 0. The molecule has 0 unspecified atom stereocenters. The molecule has 2 rings (SSSR count). The maximum Gasteiger partial charge on any atom is 0.417 e. The molecule has 7 heteroatoms. The molecule has 3 nitrogen and oxygen atoms in total. The number of halogens is 4. The van der Waals surface area contributed by atoms with Crippen LogP contribution in [0.1, 0.15) is 23.6 Å². The molecule has 1 saturated heterocycles. The van der Waals surface area contributed by atoms with Crippen LogP contribution in [-0.4, -0.2) is 12.7 Å². The first-order valence-corrected chi connectivity index (χ1v) is 5.56. The quantitative estimate of drug-likeness (QED) is 0.854. The zero-order valence-electron chi connectivity index (χ0n) is 9.05. The van der Waals surface area contributed by atoms with Crippen molar-refractivity contribution in [2.24, 2.45) is 0 Å². The average molecular weight is 280 g/mol. The number of ether oxygens (including phenoxy) is 1. The molecular weight excluding hydrogens is 271 g/mol. The Balaban J connectivity index is 2.37. The van der Waals surface area contributed by atoms with Crippen molar-refractivity contribution >= 4 is 17.7 Å². The zero-order chi connectivity index (χ0) is 13.3. The van der Waals surface area contributed by atoms with Gasteiger partial charge in [-0.15, -0.1) is 0 Å². The Morgan fingerprint density at radius 2 is 2.11 bits per heavy atom. The van der Waals surface area contributed by atoms with E-state index in [-0.39, 0.29) is 17.2 Å². The normalized spacial score (nSPS) is 20.2. The number of rotatable bonds is 1. The van der Waals surface area contributed by atoms with E-state index in [1.54, 1.807) is 0 Å². The van der Waals surface area contributed by atoms with Crippen LogP contribution in [0.4, 0.5) is 18.0 Å². The summed E-state index contributed by atoms with van der Waals surface area (Å²) in [5, 5.41) is 2.06. The number of alkyl carbamates (subject to hydrolysis) is 1. The minimum absolute atomic E-state index is 0.156. The standard InChI is InChI=1S/C11H9ClF3NO2/c12-9-6(8-4-5-18-10(17)16-8)2-1-3-7(9)11(13,14)15/h1-3,8H,4-5H2,(H,16,17)/t8-/m1/s1. The number of hydrogen-bond donors (Lipinski definition) is 1. The Morgan fingerprint density at radius 1 is 1.39 bits per heavy atom. The molecular formula is C11H9ClF3NO2. The lowest BCUT2D eigenvalue weighted by Gasteiger charge is -2.25. The largest absolute Gasteiger partial charge is 0.449 e. The molecule has 1 amide bonds. The molecule has 1 heterocycles. The van der Waals surface area contributed by atoms with Gasteiger partial charge in [0.2, 0.25) is 0 Å². The second-order valence-corrected chi connectivity index (χ2v) is 4.21. The summed E-state index contributed by atoms with van der Waals surface area (Å²) in [5.74, 6) is 0. The highest BCUT2D eigenvalue weighted by Crippen LogP contribution is 2.38. The molecule has 1 aliphatic rings. The number of carbonyl (C=O) groups excluding carboxylic acids is 1. The number of benzene rings is 1. The predicted molar refractivity (Wildman–Crippen MR) is 58.3 cm³/mol. The minimum atomic E-state index is -4.51. The van der Waals surface area contributed by atoms with Crippen molar-refractivity contribution in [3.63, 3.8) is 0 Å². The van der Waals surface area contributed by atoms with Crippen LogP contribution >= 0.6 is 11.6 Å². The highest BCUT2D eigenvalue weighted by Gasteiger charge is 2.35. The van der Waals surface area contributed by atoms with Crippen molar-refractivity contribution in [2.75, 3.05) is 6.61 Å². The van der Waals surface area contributed by atoms with Crippen molar-refractivity contribution in [2.45, 2.75) is 18.6 Å². The van der Waals surface area contributed by atoms with Crippen LogP contribution in [-0.2, 0) is 10.9 Å². The highest BCUT2D eigenvalue weighted by molar-refractivity contribution is 6.32. The third-order valence-corrected chi connectivity index (χ3v) is 3.06. The van der Waals surface area contributed by atoms with E-state index in [4.69, 9.17) is 11.6 Å². The van der Waals surface area contributed by atoms with Crippen molar-refractivity contribution in [1.29, 1.82) is 0 Å². The van der Waals surface area contributed by atoms with Crippen molar-refractivity contribution in [3.8, 4) is 0 Å². The number of amides is 1. The summed E-state index contributed by atoms with van der Waals surface area (Å²) in [6, 6.07) is 3.09. The van der Waals surface area contributed by atoms with Gasteiger partial charge in [0.1, 0.15) is 0 Å². The Bertz CT molecular complexity index is 476. The predicted octanol–water partition coefficient (Wildman–Crippen LogP) is 3.53. The van der Waals surface area contributed by atoms with Crippen molar-refractivity contribution < 1.29 is 22.7 Å². The van der Waals surface area contributed by atoms with Crippen LogP contribution in [0.15, 0.2) is 18.2 Å². The topological polar surface area (TPSA) is 38.3 Å². The van der Waals surface area contributed by atoms with Gasteiger partial charge in [-0.2, -0.15) is 13.2 Å². The van der Waals surface area contributed by atoms with Gasteiger partial charge in [0.25, 0.3) is 0 Å². The molecule has 1 aromatic rings. The Hall–Kier alpha value is -1.43. The fraction of sp³-hybridized carbons (Fsp3) is 0.364. The molecule has 98 valence electrons. The first kappa shape index (κ1) is 13.0. The first-order chi connectivity index (χ1) is 8.39. The highest BCUT2D eigenvalue weighted by atomic mass is 35.5. The molecule has 0 spiro atoms. The summed E-state index contributed by atoms with van der Waals surface area (Å²) >= 11 is 5.76. The second kappa shape index (κ2) is 4.68. The lowest BCUT2D eigenvalue weighted by molar-refractivity contribution is -0.137. The lowest BCUT2D eigenvalue weighted by Crippen LogP contribution is -2.35. The van der Waals surface area contributed by atoms with Gasteiger partial charge in [-0.1, -0.05) is 23.7 Å². The molecule has 1 N–H and O–H groups in total. The van der Waals surface area contributed by atoms with Gasteiger partial charge < -0.3 is 10.1 Å². The van der Waals surface area contributed by atoms with Gasteiger partial charge in [-0.05, 0) is 11.6 Å². The molecule has 0 aromatic heterocycles. The fourth-order valence-electron chi connectivity index (χ4n) is 1.80. The van der Waals surface area contributed by atoms with E-state index in [1.807, 2.05) is 0 Å². The maximum atomic E-state index is 12.7. The van der Waals surface area contributed by atoms with Gasteiger partial charge >= 0.3 is 12.3 Å². The number of alkyl halides is 3. The smallest absolute Gasteiger partial charge is 0.417 e. The van der Waals surface area contributed by atoms with E-state index in [0.29, 0.717) is 6.42 Å². The Labute approximate surface area is 106 Å². The third-order valence-electron chi connectivity index (χ3n) is 2.64. The Kier molecular flexibility index (Phi) is 3.38. The number of carbonyl (C=O) groups is 1. The van der Waals surface area contributed by atoms with E-state index >= 15 is 0 Å². The number of cyclic esters (lactones) is 1. The van der Waals surface area contributed by atoms with E-state index in [1.165, 1.54) is 12.1 Å². The molecule has 1 aromatic carbocycles. The molecule has 1 fully saturated rings. The van der Waals surface area contributed by atoms with Gasteiger partial charge in [-0.25, -0.2) is 4.79 Å². The van der Waals surface area contributed by atoms with Gasteiger partial charge in [0.15, 0.2) is 0 Å². The molecule has 0 saturated carbocycles. The summed E-state index contributed by atoms with van der Waals surface area (Å²) in [5.41, 5.74) is -0.648. The Morgan fingerprint density at radius 3 is 2.72 bits per heavy atom. The maximum absolute atomic E-state index is 12.7. The van der Waals surface area contributed by atoms with E-state index in [2.05, 4.69) is 10.1 Å². The van der Waals surface area contributed by atoms with Gasteiger partial charge in [0.05, 0.1) is 23.2 Å². The molecule has 0 aliphatic carbocycles. The monoisotopic (exact) mass is 279 g/mol. The summed E-state index contributed by atoms with van der Waals surface area (Å²) < 4.78 is 42.7. The minimum Gasteiger partial charge on any atom is -0.449 e. The van der Waals surface area contributed by atoms with Crippen LogP contribution in [0, 0.1) is 0 Å². The van der Waals surface area contributed by atoms with Crippen LogP contribution in [0.2, 0.25) is 5.02 Å². The molecule has 1 aliphatic heterocycles. The van der Waals surface area contributed by atoms with E-state index in [9.17, 15) is 18.0 Å². The molecule has 1 atom stereocenters. The third kappa shape index (κ3) is 2.53. The van der Waals surface area contributed by atoms with E-state index in [0.717, 1.165) is 6.07 Å². The van der Waals surface area contributed by atoms with Crippen LogP contribution in [0.5, 0.6) is 0 Å². The summed E-state index contributed by atoms with van der Waals surface area (Å²) in [6.45, 7) is 0.156. The number of nitrogens with one attached hydrogen (secondary N) is 1. The zero-order valence-corrected chi connectivity index (χ0v) is 9.81. The van der Waals surface area contributed by atoms with E-state index < -0.39 is 23.9 Å². The SMILES string of the molecule is O=C1N[C@@H](c2cccc(C(F)(F)F)c2Cl)CCO1. The molecule has 0 bridgehead atoms. The van der Waals surface area contributed by atoms with Crippen LogP contribution in [0.3, 0.4) is 0 Å². The first-order valence-electron chi connectivity index (χ1n) is 5.18. The lowest BCUT2D eigenvalue weighted by atomic mass is 10.0. The average Bonchev–Trinajstić information content (AvgIpc) is 2.27. The fourth-order valence-corrected chi connectivity index (χ4v) is 2.16.